The lowest BCUT2D eigenvalue weighted by atomic mass is 9.86. The van der Waals surface area contributed by atoms with Crippen LogP contribution in [0.2, 0.25) is 0 Å². The van der Waals surface area contributed by atoms with Crippen LogP contribution in [0.5, 0.6) is 0 Å². The van der Waals surface area contributed by atoms with Gasteiger partial charge in [0.2, 0.25) is 0 Å². The molecule has 0 atom stereocenters. The maximum atomic E-state index is 4.55. The predicted octanol–water partition coefficient (Wildman–Crippen LogP) is 3.16. The second kappa shape index (κ2) is 5.49. The molecule has 0 aliphatic rings. The largest absolute Gasteiger partial charge is 0.313 e. The molecule has 0 fully saturated rings. The maximum absolute atomic E-state index is 4.55. The molecule has 1 heterocycles. The molecule has 3 heteroatoms. The maximum Gasteiger partial charge on any atom is 0.142 e. The quantitative estimate of drug-likeness (QED) is 0.915. The van der Waals surface area contributed by atoms with Gasteiger partial charge in [0.1, 0.15) is 5.82 Å². The van der Waals surface area contributed by atoms with Crippen LogP contribution in [-0.4, -0.2) is 17.0 Å². The Morgan fingerprint density at radius 1 is 1.05 bits per heavy atom. The molecule has 0 saturated carbocycles. The van der Waals surface area contributed by atoms with E-state index < -0.39 is 0 Å². The second-order valence-electron chi connectivity index (χ2n) is 5.72. The molecule has 0 spiro atoms. The van der Waals surface area contributed by atoms with Crippen LogP contribution in [0.1, 0.15) is 32.2 Å². The summed E-state index contributed by atoms with van der Waals surface area (Å²) in [5.41, 5.74) is 3.62. The second-order valence-corrected chi connectivity index (χ2v) is 5.72. The van der Waals surface area contributed by atoms with E-state index in [1.54, 1.807) is 0 Å². The van der Waals surface area contributed by atoms with Crippen LogP contribution in [0.3, 0.4) is 0 Å². The molecule has 1 N–H and O–H groups in total. The molecule has 0 saturated heterocycles. The van der Waals surface area contributed by atoms with Crippen LogP contribution < -0.4 is 5.32 Å². The van der Waals surface area contributed by atoms with Gasteiger partial charge in [-0.05, 0) is 24.1 Å². The van der Waals surface area contributed by atoms with E-state index in [0.29, 0.717) is 6.54 Å². The molecular formula is C16H21N3. The van der Waals surface area contributed by atoms with Crippen LogP contribution in [0, 0.1) is 0 Å². The van der Waals surface area contributed by atoms with Crippen LogP contribution in [0.15, 0.2) is 36.5 Å². The number of benzene rings is 1. The van der Waals surface area contributed by atoms with Gasteiger partial charge in [-0.15, -0.1) is 0 Å². The summed E-state index contributed by atoms with van der Waals surface area (Å²) in [5, 5.41) is 3.07. The third-order valence-corrected chi connectivity index (χ3v) is 3.09. The number of rotatable bonds is 3. The minimum atomic E-state index is 0.182. The molecule has 0 radical (unpaired) electrons. The topological polar surface area (TPSA) is 37.8 Å². The SMILES string of the molecule is CNCc1nccc(-c2ccc(C(C)(C)C)cc2)n1. The highest BCUT2D eigenvalue weighted by atomic mass is 14.9. The van der Waals surface area contributed by atoms with Gasteiger partial charge in [-0.2, -0.15) is 0 Å². The van der Waals surface area contributed by atoms with Crippen molar-refractivity contribution in [3.05, 3.63) is 47.9 Å². The average Bonchev–Trinajstić information content (AvgIpc) is 2.39. The molecule has 0 unspecified atom stereocenters. The van der Waals surface area contributed by atoms with Gasteiger partial charge in [-0.1, -0.05) is 45.0 Å². The fourth-order valence-electron chi connectivity index (χ4n) is 1.94. The highest BCUT2D eigenvalue weighted by Gasteiger charge is 2.13. The third kappa shape index (κ3) is 3.38. The normalized spacial score (nSPS) is 11.6. The van der Waals surface area contributed by atoms with Crippen molar-refractivity contribution >= 4 is 0 Å². The van der Waals surface area contributed by atoms with Crippen LogP contribution in [0.25, 0.3) is 11.3 Å². The van der Waals surface area contributed by atoms with E-state index in [4.69, 9.17) is 0 Å². The number of nitrogens with zero attached hydrogens (tertiary/aromatic N) is 2. The average molecular weight is 255 g/mol. The predicted molar refractivity (Wildman–Crippen MR) is 78.9 cm³/mol. The van der Waals surface area contributed by atoms with Crippen LogP contribution >= 0.6 is 0 Å². The Morgan fingerprint density at radius 2 is 1.74 bits per heavy atom. The summed E-state index contributed by atoms with van der Waals surface area (Å²) < 4.78 is 0. The molecule has 0 bridgehead atoms. The Morgan fingerprint density at radius 3 is 2.32 bits per heavy atom. The van der Waals surface area contributed by atoms with Crippen molar-refractivity contribution < 1.29 is 0 Å². The van der Waals surface area contributed by atoms with E-state index in [1.165, 1.54) is 5.56 Å². The lowest BCUT2D eigenvalue weighted by Crippen LogP contribution is -2.10. The first kappa shape index (κ1) is 13.7. The lowest BCUT2D eigenvalue weighted by Gasteiger charge is -2.19. The fraction of sp³-hybridized carbons (Fsp3) is 0.375. The zero-order valence-corrected chi connectivity index (χ0v) is 12.1. The van der Waals surface area contributed by atoms with Gasteiger partial charge in [0, 0.05) is 11.8 Å². The Kier molecular flexibility index (Phi) is 3.96. The van der Waals surface area contributed by atoms with E-state index in [0.717, 1.165) is 17.1 Å². The molecule has 19 heavy (non-hydrogen) atoms. The van der Waals surface area contributed by atoms with Gasteiger partial charge >= 0.3 is 0 Å². The van der Waals surface area contributed by atoms with Gasteiger partial charge in [0.15, 0.2) is 0 Å². The van der Waals surface area contributed by atoms with Crippen molar-refractivity contribution in [1.82, 2.24) is 15.3 Å². The van der Waals surface area contributed by atoms with Crippen molar-refractivity contribution in [2.24, 2.45) is 0 Å². The molecule has 1 aromatic heterocycles. The van der Waals surface area contributed by atoms with Crippen LogP contribution in [0.4, 0.5) is 0 Å². The Labute approximate surface area is 115 Å². The van der Waals surface area contributed by atoms with Crippen LogP contribution in [-0.2, 0) is 12.0 Å². The summed E-state index contributed by atoms with van der Waals surface area (Å²) in [5.74, 6) is 0.819. The molecule has 2 aromatic rings. The number of nitrogens with one attached hydrogen (secondary N) is 1. The van der Waals surface area contributed by atoms with E-state index in [2.05, 4.69) is 60.3 Å². The summed E-state index contributed by atoms with van der Waals surface area (Å²) in [6, 6.07) is 10.6. The molecule has 2 rings (SSSR count). The highest BCUT2D eigenvalue weighted by molar-refractivity contribution is 5.59. The first-order valence-electron chi connectivity index (χ1n) is 6.58. The third-order valence-electron chi connectivity index (χ3n) is 3.09. The molecule has 100 valence electrons. The lowest BCUT2D eigenvalue weighted by molar-refractivity contribution is 0.590. The van der Waals surface area contributed by atoms with E-state index >= 15 is 0 Å². The zero-order chi connectivity index (χ0) is 13.9. The van der Waals surface area contributed by atoms with Crippen molar-refractivity contribution in [3.8, 4) is 11.3 Å². The van der Waals surface area contributed by atoms with Gasteiger partial charge in [-0.3, -0.25) is 0 Å². The molecule has 3 nitrogen and oxygen atoms in total. The van der Waals surface area contributed by atoms with Crippen molar-refractivity contribution in [1.29, 1.82) is 0 Å². The smallest absolute Gasteiger partial charge is 0.142 e. The van der Waals surface area contributed by atoms with Gasteiger partial charge in [-0.25, -0.2) is 9.97 Å². The molecule has 1 aromatic carbocycles. The zero-order valence-electron chi connectivity index (χ0n) is 12.1. The van der Waals surface area contributed by atoms with E-state index in [9.17, 15) is 0 Å². The number of hydrogen-bond acceptors (Lipinski definition) is 3. The van der Waals surface area contributed by atoms with E-state index in [1.807, 2.05) is 19.3 Å². The molecule has 0 aliphatic heterocycles. The Hall–Kier alpha value is -1.74. The molecule has 0 aliphatic carbocycles. The first-order valence-corrected chi connectivity index (χ1v) is 6.58. The first-order chi connectivity index (χ1) is 9.00. The summed E-state index contributed by atoms with van der Waals surface area (Å²) in [7, 11) is 1.90. The summed E-state index contributed by atoms with van der Waals surface area (Å²) in [6.07, 6.45) is 1.81. The summed E-state index contributed by atoms with van der Waals surface area (Å²) in [6.45, 7) is 7.35. The van der Waals surface area contributed by atoms with Crippen molar-refractivity contribution in [2.45, 2.75) is 32.7 Å². The monoisotopic (exact) mass is 255 g/mol. The molecule has 0 amide bonds. The summed E-state index contributed by atoms with van der Waals surface area (Å²) in [4.78, 5) is 8.79. The minimum Gasteiger partial charge on any atom is -0.313 e. The number of hydrogen-bond donors (Lipinski definition) is 1. The molecular weight excluding hydrogens is 234 g/mol. The van der Waals surface area contributed by atoms with Gasteiger partial charge < -0.3 is 5.32 Å². The standard InChI is InChI=1S/C16H21N3/c1-16(2,3)13-7-5-12(6-8-13)14-9-10-18-15(19-14)11-17-4/h5-10,17H,11H2,1-4H3. The highest BCUT2D eigenvalue weighted by Crippen LogP contribution is 2.25. The van der Waals surface area contributed by atoms with Gasteiger partial charge in [0.05, 0.1) is 12.2 Å². The summed E-state index contributed by atoms with van der Waals surface area (Å²) >= 11 is 0. The number of aromatic nitrogens is 2. The van der Waals surface area contributed by atoms with Crippen molar-refractivity contribution in [2.75, 3.05) is 7.05 Å². The fourth-order valence-corrected chi connectivity index (χ4v) is 1.94. The Balaban J connectivity index is 2.29. The van der Waals surface area contributed by atoms with Gasteiger partial charge in [0.25, 0.3) is 0 Å². The van der Waals surface area contributed by atoms with E-state index in [-0.39, 0.29) is 5.41 Å². The Bertz CT molecular complexity index is 539. The van der Waals surface area contributed by atoms with Crippen molar-refractivity contribution in [3.63, 3.8) is 0 Å². The minimum absolute atomic E-state index is 0.182.